The zero-order valence-electron chi connectivity index (χ0n) is 6.23. The van der Waals surface area contributed by atoms with Gasteiger partial charge in [0.15, 0.2) is 0 Å². The summed E-state index contributed by atoms with van der Waals surface area (Å²) in [5.41, 5.74) is 0.242. The van der Waals surface area contributed by atoms with E-state index in [1.165, 1.54) is 12.1 Å². The Labute approximate surface area is 74.5 Å². The number of alkyl halides is 2. The number of benzene rings is 1. The van der Waals surface area contributed by atoms with Crippen LogP contribution in [0.3, 0.4) is 0 Å². The molecule has 3 heteroatoms. The summed E-state index contributed by atoms with van der Waals surface area (Å²) in [6.07, 6.45) is -2.50. The number of hydrogen-bond donors (Lipinski definition) is 0. The summed E-state index contributed by atoms with van der Waals surface area (Å²) in [4.78, 5) is 0. The predicted molar refractivity (Wildman–Crippen MR) is 46.3 cm³/mol. The van der Waals surface area contributed by atoms with Gasteiger partial charge in [-0.2, -0.15) is 0 Å². The van der Waals surface area contributed by atoms with Crippen molar-refractivity contribution in [3.8, 4) is 0 Å². The predicted octanol–water partition coefficient (Wildman–Crippen LogP) is 3.83. The fourth-order valence-corrected chi connectivity index (χ4v) is 1.11. The van der Waals surface area contributed by atoms with Crippen molar-refractivity contribution in [1.82, 2.24) is 0 Å². The van der Waals surface area contributed by atoms with Crippen LogP contribution in [-0.2, 0) is 0 Å². The number of rotatable bonds is 2. The maximum Gasteiger partial charge on any atom is 0.264 e. The summed E-state index contributed by atoms with van der Waals surface area (Å²) in [5, 5.41) is 0.144. The molecule has 0 amide bonds. The smallest absolute Gasteiger partial charge is 0.205 e. The molecule has 12 heavy (non-hydrogen) atoms. The lowest BCUT2D eigenvalue weighted by Gasteiger charge is -2.05. The van der Waals surface area contributed by atoms with Crippen LogP contribution in [0.25, 0.3) is 5.03 Å². The molecule has 0 nitrogen and oxygen atoms in total. The SMILES string of the molecule is C=C(Cl)c1ccccc1C(F)F. The molecule has 0 aliphatic rings. The van der Waals surface area contributed by atoms with Gasteiger partial charge in [0.1, 0.15) is 0 Å². The lowest BCUT2D eigenvalue weighted by atomic mass is 10.1. The zero-order chi connectivity index (χ0) is 9.14. The average Bonchev–Trinajstić information content (AvgIpc) is 2.04. The van der Waals surface area contributed by atoms with Crippen LogP contribution in [0.4, 0.5) is 8.78 Å². The molecule has 0 spiro atoms. The molecule has 1 aromatic rings. The van der Waals surface area contributed by atoms with E-state index in [4.69, 9.17) is 11.6 Å². The molecular formula is C9H7ClF2. The van der Waals surface area contributed by atoms with Crippen LogP contribution in [0, 0.1) is 0 Å². The Morgan fingerprint density at radius 3 is 2.33 bits per heavy atom. The summed E-state index contributed by atoms with van der Waals surface area (Å²) in [5.74, 6) is 0. The van der Waals surface area contributed by atoms with Gasteiger partial charge < -0.3 is 0 Å². The van der Waals surface area contributed by atoms with E-state index < -0.39 is 6.43 Å². The molecule has 1 rings (SSSR count). The molecular weight excluding hydrogens is 182 g/mol. The summed E-state index contributed by atoms with van der Waals surface area (Å²) >= 11 is 5.52. The summed E-state index contributed by atoms with van der Waals surface area (Å²) < 4.78 is 24.6. The van der Waals surface area contributed by atoms with Crippen molar-refractivity contribution in [3.05, 3.63) is 42.0 Å². The molecule has 0 saturated heterocycles. The maximum absolute atomic E-state index is 12.3. The van der Waals surface area contributed by atoms with Gasteiger partial charge in [-0.1, -0.05) is 42.4 Å². The third-order valence-electron chi connectivity index (χ3n) is 1.49. The van der Waals surface area contributed by atoms with Gasteiger partial charge in [-0.25, -0.2) is 8.78 Å². The Morgan fingerprint density at radius 1 is 1.33 bits per heavy atom. The average molecular weight is 189 g/mol. The van der Waals surface area contributed by atoms with E-state index in [2.05, 4.69) is 6.58 Å². The lowest BCUT2D eigenvalue weighted by molar-refractivity contribution is 0.151. The minimum absolute atomic E-state index is 0.0718. The van der Waals surface area contributed by atoms with Gasteiger partial charge in [-0.3, -0.25) is 0 Å². The van der Waals surface area contributed by atoms with Gasteiger partial charge in [0.05, 0.1) is 0 Å². The summed E-state index contributed by atoms with van der Waals surface area (Å²) in [6, 6.07) is 6.06. The van der Waals surface area contributed by atoms with E-state index in [1.54, 1.807) is 12.1 Å². The van der Waals surface area contributed by atoms with E-state index in [9.17, 15) is 8.78 Å². The molecule has 0 heterocycles. The van der Waals surface area contributed by atoms with Gasteiger partial charge in [0.2, 0.25) is 0 Å². The van der Waals surface area contributed by atoms with Crippen molar-refractivity contribution in [3.63, 3.8) is 0 Å². The third kappa shape index (κ3) is 1.83. The van der Waals surface area contributed by atoms with Crippen molar-refractivity contribution in [2.45, 2.75) is 6.43 Å². The van der Waals surface area contributed by atoms with Crippen LogP contribution < -0.4 is 0 Å². The van der Waals surface area contributed by atoms with Gasteiger partial charge in [0.25, 0.3) is 6.43 Å². The van der Waals surface area contributed by atoms with Crippen LogP contribution in [0.15, 0.2) is 30.8 Å². The first-order valence-electron chi connectivity index (χ1n) is 3.34. The second-order valence-electron chi connectivity index (χ2n) is 2.29. The molecule has 0 aromatic heterocycles. The monoisotopic (exact) mass is 188 g/mol. The highest BCUT2D eigenvalue weighted by Crippen LogP contribution is 2.28. The molecule has 0 aliphatic heterocycles. The first-order valence-corrected chi connectivity index (χ1v) is 3.72. The Morgan fingerprint density at radius 2 is 1.92 bits per heavy atom. The van der Waals surface area contributed by atoms with Gasteiger partial charge in [0, 0.05) is 16.2 Å². The van der Waals surface area contributed by atoms with Crippen LogP contribution in [0.5, 0.6) is 0 Å². The standard InChI is InChI=1S/C9H7ClF2/c1-6(10)7-4-2-3-5-8(7)9(11)12/h2-5,9H,1H2. The normalized spacial score (nSPS) is 10.3. The third-order valence-corrected chi connectivity index (χ3v) is 1.69. The molecule has 0 bridgehead atoms. The second kappa shape index (κ2) is 3.68. The van der Waals surface area contributed by atoms with Crippen LogP contribution in [0.2, 0.25) is 0 Å². The molecule has 0 radical (unpaired) electrons. The van der Waals surface area contributed by atoms with Crippen molar-refractivity contribution in [1.29, 1.82) is 0 Å². The quantitative estimate of drug-likeness (QED) is 0.662. The van der Waals surface area contributed by atoms with E-state index in [0.717, 1.165) is 0 Å². The van der Waals surface area contributed by atoms with Gasteiger partial charge in [-0.15, -0.1) is 0 Å². The fourth-order valence-electron chi connectivity index (χ4n) is 0.934. The lowest BCUT2D eigenvalue weighted by Crippen LogP contribution is -1.89. The number of hydrogen-bond acceptors (Lipinski definition) is 0. The van der Waals surface area contributed by atoms with Crippen molar-refractivity contribution >= 4 is 16.6 Å². The Kier molecular flexibility index (Phi) is 2.82. The molecule has 0 fully saturated rings. The molecule has 0 atom stereocenters. The van der Waals surface area contributed by atoms with E-state index >= 15 is 0 Å². The highest BCUT2D eigenvalue weighted by molar-refractivity contribution is 6.48. The Bertz CT molecular complexity index is 294. The van der Waals surface area contributed by atoms with Crippen LogP contribution in [0.1, 0.15) is 17.6 Å². The molecule has 0 saturated carbocycles. The Balaban J connectivity index is 3.17. The Hall–Kier alpha value is -0.890. The molecule has 64 valence electrons. The second-order valence-corrected chi connectivity index (χ2v) is 2.75. The highest BCUT2D eigenvalue weighted by Gasteiger charge is 2.12. The minimum Gasteiger partial charge on any atom is -0.205 e. The molecule has 0 N–H and O–H groups in total. The maximum atomic E-state index is 12.3. The van der Waals surface area contributed by atoms with Crippen molar-refractivity contribution in [2.24, 2.45) is 0 Å². The van der Waals surface area contributed by atoms with Crippen LogP contribution >= 0.6 is 11.6 Å². The van der Waals surface area contributed by atoms with Gasteiger partial charge >= 0.3 is 0 Å². The molecule has 0 aliphatic carbocycles. The minimum atomic E-state index is -2.50. The topological polar surface area (TPSA) is 0 Å². The van der Waals surface area contributed by atoms with Gasteiger partial charge in [-0.05, 0) is 0 Å². The fraction of sp³-hybridized carbons (Fsp3) is 0.111. The van der Waals surface area contributed by atoms with Crippen LogP contribution in [-0.4, -0.2) is 0 Å². The summed E-state index contributed by atoms with van der Waals surface area (Å²) in [6.45, 7) is 3.40. The molecule has 0 unspecified atom stereocenters. The van der Waals surface area contributed by atoms with Crippen molar-refractivity contribution in [2.75, 3.05) is 0 Å². The van der Waals surface area contributed by atoms with E-state index in [1.807, 2.05) is 0 Å². The summed E-state index contributed by atoms with van der Waals surface area (Å²) in [7, 11) is 0. The molecule has 1 aromatic carbocycles. The van der Waals surface area contributed by atoms with E-state index in [0.29, 0.717) is 5.56 Å². The first kappa shape index (κ1) is 9.20. The van der Waals surface area contributed by atoms with E-state index in [-0.39, 0.29) is 10.6 Å². The zero-order valence-corrected chi connectivity index (χ0v) is 6.98. The van der Waals surface area contributed by atoms with Crippen molar-refractivity contribution < 1.29 is 8.78 Å². The largest absolute Gasteiger partial charge is 0.264 e. The first-order chi connectivity index (χ1) is 5.63. The highest BCUT2D eigenvalue weighted by atomic mass is 35.5. The number of halogens is 3.